The summed E-state index contributed by atoms with van der Waals surface area (Å²) < 4.78 is 5.49. The molecular formula is C12H13BrClNO3. The van der Waals surface area contributed by atoms with E-state index in [2.05, 4.69) is 21.2 Å². The van der Waals surface area contributed by atoms with Crippen LogP contribution in [0.2, 0.25) is 5.02 Å². The molecule has 0 spiro atoms. The number of anilines is 1. The molecule has 0 fully saturated rings. The molecule has 4 nitrogen and oxygen atoms in total. The summed E-state index contributed by atoms with van der Waals surface area (Å²) in [5.74, 6) is -0.622. The van der Waals surface area contributed by atoms with Crippen LogP contribution in [0, 0.1) is 0 Å². The van der Waals surface area contributed by atoms with Gasteiger partial charge in [0.25, 0.3) is 0 Å². The van der Waals surface area contributed by atoms with E-state index in [4.69, 9.17) is 16.3 Å². The summed E-state index contributed by atoms with van der Waals surface area (Å²) in [4.78, 5) is 22.6. The Balaban J connectivity index is 2.44. The first kappa shape index (κ1) is 15.0. The Morgan fingerprint density at radius 2 is 2.11 bits per heavy atom. The highest BCUT2D eigenvalue weighted by molar-refractivity contribution is 9.10. The van der Waals surface area contributed by atoms with Crippen molar-refractivity contribution in [3.8, 4) is 0 Å². The zero-order valence-corrected chi connectivity index (χ0v) is 12.2. The molecule has 0 unspecified atom stereocenters. The van der Waals surface area contributed by atoms with E-state index in [1.165, 1.54) is 0 Å². The van der Waals surface area contributed by atoms with Crippen LogP contribution in [0.5, 0.6) is 0 Å². The van der Waals surface area contributed by atoms with Crippen LogP contribution < -0.4 is 5.32 Å². The number of ether oxygens (including phenoxy) is 1. The molecule has 0 heterocycles. The fourth-order valence-corrected chi connectivity index (χ4v) is 1.67. The van der Waals surface area contributed by atoms with Gasteiger partial charge in [0.05, 0.1) is 18.1 Å². The number of hydrogen-bond acceptors (Lipinski definition) is 3. The third-order valence-corrected chi connectivity index (χ3v) is 3.30. The highest BCUT2D eigenvalue weighted by atomic mass is 79.9. The molecule has 98 valence electrons. The maximum absolute atomic E-state index is 11.5. The number of hydrogen-bond donors (Lipinski definition) is 1. The zero-order valence-electron chi connectivity index (χ0n) is 9.83. The Bertz CT molecular complexity index is 451. The lowest BCUT2D eigenvalue weighted by Crippen LogP contribution is -2.14. The highest BCUT2D eigenvalue weighted by Crippen LogP contribution is 2.25. The van der Waals surface area contributed by atoms with Gasteiger partial charge in [0.2, 0.25) is 5.91 Å². The van der Waals surface area contributed by atoms with Crippen molar-refractivity contribution in [2.24, 2.45) is 0 Å². The first-order valence-electron chi connectivity index (χ1n) is 5.43. The minimum absolute atomic E-state index is 0.0733. The van der Waals surface area contributed by atoms with E-state index < -0.39 is 0 Å². The number of benzene rings is 1. The van der Waals surface area contributed by atoms with Crippen LogP contribution in [-0.4, -0.2) is 18.5 Å². The quantitative estimate of drug-likeness (QED) is 0.840. The van der Waals surface area contributed by atoms with Gasteiger partial charge in [-0.3, -0.25) is 9.59 Å². The van der Waals surface area contributed by atoms with Crippen LogP contribution >= 0.6 is 27.5 Å². The molecule has 0 atom stereocenters. The smallest absolute Gasteiger partial charge is 0.306 e. The molecule has 0 aliphatic heterocycles. The molecule has 1 aromatic rings. The number of carbonyl (C=O) groups is 2. The molecule has 18 heavy (non-hydrogen) atoms. The Hall–Kier alpha value is -1.07. The standard InChI is InChI=1S/C12H13BrClNO3/c1-2-18-12(17)6-5-11(16)15-8-3-4-9(13)10(14)7-8/h3-4,7H,2,5-6H2,1H3,(H,15,16). The summed E-state index contributed by atoms with van der Waals surface area (Å²) in [5, 5.41) is 3.17. The Kier molecular flexibility index (Phi) is 6.15. The second-order valence-electron chi connectivity index (χ2n) is 3.48. The molecule has 0 saturated heterocycles. The van der Waals surface area contributed by atoms with Crippen LogP contribution in [0.4, 0.5) is 5.69 Å². The number of rotatable bonds is 5. The van der Waals surface area contributed by atoms with Crippen molar-refractivity contribution in [1.82, 2.24) is 0 Å². The fourth-order valence-electron chi connectivity index (χ4n) is 1.25. The van der Waals surface area contributed by atoms with E-state index in [-0.39, 0.29) is 24.7 Å². The molecule has 0 aromatic heterocycles. The SMILES string of the molecule is CCOC(=O)CCC(=O)Nc1ccc(Br)c(Cl)c1. The Labute approximate surface area is 119 Å². The Morgan fingerprint density at radius 3 is 2.72 bits per heavy atom. The fraction of sp³-hybridized carbons (Fsp3) is 0.333. The van der Waals surface area contributed by atoms with Crippen LogP contribution in [0.25, 0.3) is 0 Å². The minimum atomic E-state index is -0.374. The number of esters is 1. The lowest BCUT2D eigenvalue weighted by Gasteiger charge is -2.06. The minimum Gasteiger partial charge on any atom is -0.466 e. The first-order chi connectivity index (χ1) is 8.52. The molecule has 1 amide bonds. The maximum Gasteiger partial charge on any atom is 0.306 e. The largest absolute Gasteiger partial charge is 0.466 e. The zero-order chi connectivity index (χ0) is 13.5. The average molecular weight is 335 g/mol. The summed E-state index contributed by atoms with van der Waals surface area (Å²) >= 11 is 9.15. The average Bonchev–Trinajstić information content (AvgIpc) is 2.32. The van der Waals surface area contributed by atoms with Crippen molar-refractivity contribution in [2.45, 2.75) is 19.8 Å². The summed E-state index contributed by atoms with van der Waals surface area (Å²) in [6, 6.07) is 5.09. The van der Waals surface area contributed by atoms with Crippen molar-refractivity contribution >= 4 is 45.1 Å². The Morgan fingerprint density at radius 1 is 1.39 bits per heavy atom. The predicted molar refractivity (Wildman–Crippen MR) is 73.6 cm³/mol. The van der Waals surface area contributed by atoms with Crippen molar-refractivity contribution in [3.63, 3.8) is 0 Å². The summed E-state index contributed by atoms with van der Waals surface area (Å²) in [7, 11) is 0. The molecule has 1 aromatic carbocycles. The van der Waals surface area contributed by atoms with Crippen LogP contribution in [0.1, 0.15) is 19.8 Å². The maximum atomic E-state index is 11.5. The van der Waals surface area contributed by atoms with E-state index in [0.717, 1.165) is 4.47 Å². The summed E-state index contributed by atoms with van der Waals surface area (Å²) in [6.45, 7) is 2.05. The van der Waals surface area contributed by atoms with Crippen molar-refractivity contribution in [3.05, 3.63) is 27.7 Å². The molecule has 0 radical (unpaired) electrons. The van der Waals surface area contributed by atoms with Gasteiger partial charge in [0, 0.05) is 16.6 Å². The van der Waals surface area contributed by atoms with Crippen molar-refractivity contribution in [1.29, 1.82) is 0 Å². The topological polar surface area (TPSA) is 55.4 Å². The number of amides is 1. The van der Waals surface area contributed by atoms with Gasteiger partial charge < -0.3 is 10.1 Å². The molecule has 1 rings (SSSR count). The van der Waals surface area contributed by atoms with E-state index in [1.54, 1.807) is 25.1 Å². The highest BCUT2D eigenvalue weighted by Gasteiger charge is 2.08. The lowest BCUT2D eigenvalue weighted by atomic mass is 10.2. The van der Waals surface area contributed by atoms with Gasteiger partial charge in [-0.15, -0.1) is 0 Å². The van der Waals surface area contributed by atoms with Gasteiger partial charge in [-0.05, 0) is 41.1 Å². The van der Waals surface area contributed by atoms with Crippen molar-refractivity contribution in [2.75, 3.05) is 11.9 Å². The van der Waals surface area contributed by atoms with Gasteiger partial charge >= 0.3 is 5.97 Å². The molecule has 1 N–H and O–H groups in total. The molecule has 0 aliphatic carbocycles. The normalized spacial score (nSPS) is 9.94. The van der Waals surface area contributed by atoms with Crippen LogP contribution in [0.3, 0.4) is 0 Å². The number of carbonyl (C=O) groups excluding carboxylic acids is 2. The number of halogens is 2. The summed E-state index contributed by atoms with van der Waals surface area (Å²) in [5.41, 5.74) is 0.594. The molecular weight excluding hydrogens is 321 g/mol. The second-order valence-corrected chi connectivity index (χ2v) is 4.74. The van der Waals surface area contributed by atoms with Crippen LogP contribution in [-0.2, 0) is 14.3 Å². The van der Waals surface area contributed by atoms with Gasteiger partial charge in [0.15, 0.2) is 0 Å². The van der Waals surface area contributed by atoms with Gasteiger partial charge in [-0.25, -0.2) is 0 Å². The third kappa shape index (κ3) is 5.06. The van der Waals surface area contributed by atoms with Gasteiger partial charge in [-0.1, -0.05) is 11.6 Å². The molecule has 0 aliphatic rings. The predicted octanol–water partition coefficient (Wildman–Crippen LogP) is 3.38. The monoisotopic (exact) mass is 333 g/mol. The van der Waals surface area contributed by atoms with Crippen molar-refractivity contribution < 1.29 is 14.3 Å². The van der Waals surface area contributed by atoms with E-state index in [9.17, 15) is 9.59 Å². The third-order valence-electron chi connectivity index (χ3n) is 2.06. The molecule has 0 saturated carbocycles. The van der Waals surface area contributed by atoms with E-state index in [1.807, 2.05) is 0 Å². The molecule has 6 heteroatoms. The number of nitrogens with one attached hydrogen (secondary N) is 1. The lowest BCUT2D eigenvalue weighted by molar-refractivity contribution is -0.144. The second kappa shape index (κ2) is 7.38. The first-order valence-corrected chi connectivity index (χ1v) is 6.60. The van der Waals surface area contributed by atoms with Gasteiger partial charge in [-0.2, -0.15) is 0 Å². The summed E-state index contributed by atoms with van der Waals surface area (Å²) in [6.07, 6.45) is 0.163. The van der Waals surface area contributed by atoms with E-state index in [0.29, 0.717) is 17.3 Å². The van der Waals surface area contributed by atoms with E-state index >= 15 is 0 Å². The molecule has 0 bridgehead atoms. The van der Waals surface area contributed by atoms with Crippen LogP contribution in [0.15, 0.2) is 22.7 Å². The van der Waals surface area contributed by atoms with Gasteiger partial charge in [0.1, 0.15) is 0 Å².